The normalized spacial score (nSPS) is 14.0. The largest absolute Gasteiger partial charge is 0.469 e. The number of hydrogen-bond acceptors (Lipinski definition) is 3. The second kappa shape index (κ2) is 20.6. The molecule has 0 aliphatic heterocycles. The van der Waals surface area contributed by atoms with E-state index >= 15 is 0 Å². The number of hydrogen-bond donors (Lipinski definition) is 0. The molecule has 3 nitrogen and oxygen atoms in total. The zero-order chi connectivity index (χ0) is 20.0. The number of methoxy groups -OCH3 is 1. The van der Waals surface area contributed by atoms with Crippen molar-refractivity contribution in [1.29, 1.82) is 0 Å². The van der Waals surface area contributed by atoms with E-state index in [1.807, 2.05) is 12.2 Å². The predicted molar refractivity (Wildman–Crippen MR) is 119 cm³/mol. The van der Waals surface area contributed by atoms with Crippen LogP contribution in [-0.4, -0.2) is 19.2 Å². The number of carbonyl (C=O) groups is 1. The van der Waals surface area contributed by atoms with E-state index in [1.165, 1.54) is 7.11 Å². The van der Waals surface area contributed by atoms with Crippen LogP contribution in [0.1, 0.15) is 51.9 Å². The number of rotatable bonds is 15. The molecule has 0 aromatic carbocycles. The summed E-state index contributed by atoms with van der Waals surface area (Å²) < 4.78 is 9.96. The van der Waals surface area contributed by atoms with Gasteiger partial charge in [0.1, 0.15) is 0 Å². The summed E-state index contributed by atoms with van der Waals surface area (Å²) in [7, 11) is 3.75. The Kier molecular flexibility index (Phi) is 19.3. The van der Waals surface area contributed by atoms with E-state index in [9.17, 15) is 4.79 Å². The molecule has 0 amide bonds. The van der Waals surface area contributed by atoms with Crippen LogP contribution in [0.25, 0.3) is 0 Å². The zero-order valence-electron chi connectivity index (χ0n) is 16.8. The fourth-order valence-electron chi connectivity index (χ4n) is 2.06. The summed E-state index contributed by atoms with van der Waals surface area (Å²) in [4.78, 5) is 10.9. The number of esters is 1. The molecule has 0 aromatic rings. The first kappa shape index (κ1) is 25.3. The molecule has 0 aliphatic rings. The van der Waals surface area contributed by atoms with E-state index < -0.39 is 0 Å². The third kappa shape index (κ3) is 18.9. The average molecular weight is 391 g/mol. The first-order chi connectivity index (χ1) is 13.2. The topological polar surface area (TPSA) is 35.5 Å². The minimum absolute atomic E-state index is 0.0730. The van der Waals surface area contributed by atoms with Crippen molar-refractivity contribution >= 4 is 15.4 Å². The highest BCUT2D eigenvalue weighted by molar-refractivity contribution is 7.09. The Morgan fingerprint density at radius 3 is 2.19 bits per heavy atom. The molecule has 0 fully saturated rings. The molecule has 0 heterocycles. The molecule has 0 saturated heterocycles. The van der Waals surface area contributed by atoms with Crippen molar-refractivity contribution in [3.63, 3.8) is 0 Å². The molecule has 0 spiro atoms. The SMILES string of the molecule is CC/C=C\C/C=C\C=C\C(C/C=C\C/C=C\C/C=C\CCC(=O)OC)OP. The van der Waals surface area contributed by atoms with E-state index in [4.69, 9.17) is 4.52 Å². The van der Waals surface area contributed by atoms with Crippen molar-refractivity contribution in [2.75, 3.05) is 7.11 Å². The maximum absolute atomic E-state index is 10.9. The van der Waals surface area contributed by atoms with Gasteiger partial charge in [0, 0.05) is 15.9 Å². The third-order valence-corrected chi connectivity index (χ3v) is 3.93. The number of allylic oxidation sites excluding steroid dienone is 10. The second-order valence-electron chi connectivity index (χ2n) is 5.84. The van der Waals surface area contributed by atoms with Crippen LogP contribution in [0, 0.1) is 0 Å². The standard InChI is InChI=1S/C23H35O3P/c1-3-4-5-6-10-13-16-19-22(26-27)20-17-14-11-8-7-9-12-15-18-21-23(24)25-2/h4-5,7-8,10,12-17,19,22H,3,6,9,11,18,20-21,27H2,1-2H3/b5-4-,8-7-,13-10-,15-12-,17-14-,19-16+. The van der Waals surface area contributed by atoms with Crippen molar-refractivity contribution in [3.8, 4) is 0 Å². The Morgan fingerprint density at radius 1 is 0.889 bits per heavy atom. The summed E-state index contributed by atoms with van der Waals surface area (Å²) >= 11 is 0. The minimum atomic E-state index is -0.164. The molecule has 0 rings (SSSR count). The van der Waals surface area contributed by atoms with Gasteiger partial charge in [0.05, 0.1) is 13.2 Å². The van der Waals surface area contributed by atoms with Crippen molar-refractivity contribution in [2.45, 2.75) is 58.0 Å². The van der Waals surface area contributed by atoms with E-state index in [1.54, 1.807) is 0 Å². The Bertz CT molecular complexity index is 528. The smallest absolute Gasteiger partial charge is 0.305 e. The fraction of sp³-hybridized carbons (Fsp3) is 0.435. The zero-order valence-corrected chi connectivity index (χ0v) is 17.9. The first-order valence-corrected chi connectivity index (χ1v) is 10.1. The molecule has 0 aliphatic carbocycles. The van der Waals surface area contributed by atoms with Gasteiger partial charge in [0.2, 0.25) is 0 Å². The molecule has 0 bridgehead atoms. The van der Waals surface area contributed by atoms with Crippen LogP contribution in [0.5, 0.6) is 0 Å². The molecular formula is C23H35O3P. The lowest BCUT2D eigenvalue weighted by Gasteiger charge is -2.06. The fourth-order valence-corrected chi connectivity index (χ4v) is 2.26. The molecule has 0 radical (unpaired) electrons. The maximum atomic E-state index is 10.9. The lowest BCUT2D eigenvalue weighted by molar-refractivity contribution is -0.140. The van der Waals surface area contributed by atoms with E-state index in [-0.39, 0.29) is 12.1 Å². The third-order valence-electron chi connectivity index (χ3n) is 3.58. The maximum Gasteiger partial charge on any atom is 0.305 e. The van der Waals surface area contributed by atoms with Gasteiger partial charge in [0.15, 0.2) is 0 Å². The van der Waals surface area contributed by atoms with E-state index in [0.29, 0.717) is 6.42 Å². The molecule has 0 aromatic heterocycles. The molecular weight excluding hydrogens is 355 g/mol. The lowest BCUT2D eigenvalue weighted by Crippen LogP contribution is -2.00. The van der Waals surface area contributed by atoms with Gasteiger partial charge in [0.25, 0.3) is 0 Å². The van der Waals surface area contributed by atoms with Gasteiger partial charge in [-0.1, -0.05) is 79.8 Å². The lowest BCUT2D eigenvalue weighted by atomic mass is 10.2. The van der Waals surface area contributed by atoms with Gasteiger partial charge in [-0.2, -0.15) is 0 Å². The van der Waals surface area contributed by atoms with Gasteiger partial charge >= 0.3 is 5.97 Å². The quantitative estimate of drug-likeness (QED) is 0.140. The predicted octanol–water partition coefficient (Wildman–Crippen LogP) is 6.42. The van der Waals surface area contributed by atoms with Crippen molar-refractivity contribution in [2.24, 2.45) is 0 Å². The summed E-state index contributed by atoms with van der Waals surface area (Å²) in [6.45, 7) is 2.14. The summed E-state index contributed by atoms with van der Waals surface area (Å²) in [5.74, 6) is -0.164. The van der Waals surface area contributed by atoms with Gasteiger partial charge in [-0.05, 0) is 38.5 Å². The van der Waals surface area contributed by atoms with Crippen LogP contribution in [0.2, 0.25) is 0 Å². The van der Waals surface area contributed by atoms with Crippen LogP contribution in [0.4, 0.5) is 0 Å². The average Bonchev–Trinajstić information content (AvgIpc) is 2.69. The van der Waals surface area contributed by atoms with Crippen molar-refractivity contribution < 1.29 is 14.1 Å². The summed E-state index contributed by atoms with van der Waals surface area (Å²) in [5.41, 5.74) is 0. The number of ether oxygens (including phenoxy) is 1. The second-order valence-corrected chi connectivity index (χ2v) is 6.11. The van der Waals surface area contributed by atoms with E-state index in [2.05, 4.69) is 81.9 Å². The van der Waals surface area contributed by atoms with Crippen LogP contribution in [-0.2, 0) is 14.1 Å². The van der Waals surface area contributed by atoms with Crippen molar-refractivity contribution in [1.82, 2.24) is 0 Å². The first-order valence-electron chi connectivity index (χ1n) is 9.60. The molecule has 0 N–H and O–H groups in total. The molecule has 4 heteroatoms. The van der Waals surface area contributed by atoms with Gasteiger partial charge < -0.3 is 9.26 Å². The van der Waals surface area contributed by atoms with E-state index in [0.717, 1.165) is 38.5 Å². The van der Waals surface area contributed by atoms with Gasteiger partial charge in [-0.25, -0.2) is 0 Å². The molecule has 2 unspecified atom stereocenters. The Morgan fingerprint density at radius 2 is 1.52 bits per heavy atom. The summed E-state index contributed by atoms with van der Waals surface area (Å²) in [6.07, 6.45) is 31.2. The van der Waals surface area contributed by atoms with Gasteiger partial charge in [-0.15, -0.1) is 0 Å². The number of carbonyl (C=O) groups excluding carboxylic acids is 1. The molecule has 2 atom stereocenters. The van der Waals surface area contributed by atoms with Crippen LogP contribution in [0.15, 0.2) is 72.9 Å². The van der Waals surface area contributed by atoms with Crippen LogP contribution in [0.3, 0.4) is 0 Å². The van der Waals surface area contributed by atoms with Crippen LogP contribution < -0.4 is 0 Å². The Balaban J connectivity index is 3.86. The Labute approximate surface area is 167 Å². The van der Waals surface area contributed by atoms with Crippen molar-refractivity contribution in [3.05, 3.63) is 72.9 Å². The summed E-state index contributed by atoms with van der Waals surface area (Å²) in [5, 5.41) is 0. The van der Waals surface area contributed by atoms with Gasteiger partial charge in [-0.3, -0.25) is 4.79 Å². The highest BCUT2D eigenvalue weighted by Crippen LogP contribution is 2.07. The highest BCUT2D eigenvalue weighted by atomic mass is 31.0. The highest BCUT2D eigenvalue weighted by Gasteiger charge is 1.97. The molecule has 27 heavy (non-hydrogen) atoms. The molecule has 0 saturated carbocycles. The monoisotopic (exact) mass is 390 g/mol. The Hall–Kier alpha value is -1.70. The van der Waals surface area contributed by atoms with Crippen LogP contribution >= 0.6 is 9.47 Å². The minimum Gasteiger partial charge on any atom is -0.469 e. The molecule has 150 valence electrons. The summed E-state index contributed by atoms with van der Waals surface area (Å²) in [6, 6.07) is 0.